The molecule has 0 saturated heterocycles. The SMILES string of the molecule is FC(F)(F)c1ccc(CONC=CCCCOc2c(Cl)cc(OCC=C(Cl)Cl)cc2Cl)cc1. The van der Waals surface area contributed by atoms with Crippen molar-refractivity contribution in [3.8, 4) is 11.5 Å². The van der Waals surface area contributed by atoms with Crippen LogP contribution in [0.4, 0.5) is 13.2 Å². The summed E-state index contributed by atoms with van der Waals surface area (Å²) in [6, 6.07) is 7.93. The van der Waals surface area contributed by atoms with Crippen molar-refractivity contribution in [1.29, 1.82) is 0 Å². The second-order valence-corrected chi connectivity index (χ2v) is 8.34. The molecule has 0 heterocycles. The predicted molar refractivity (Wildman–Crippen MR) is 125 cm³/mol. The first kappa shape index (κ1) is 27.5. The number of benzene rings is 2. The Balaban J connectivity index is 1.64. The van der Waals surface area contributed by atoms with Crippen LogP contribution in [0.3, 0.4) is 0 Å². The lowest BCUT2D eigenvalue weighted by Crippen LogP contribution is -2.07. The van der Waals surface area contributed by atoms with Gasteiger partial charge in [0.05, 0.1) is 28.8 Å². The molecule has 1 N–H and O–H groups in total. The molecule has 0 aliphatic rings. The Hall–Kier alpha value is -1.77. The van der Waals surface area contributed by atoms with Gasteiger partial charge in [0.15, 0.2) is 5.75 Å². The summed E-state index contributed by atoms with van der Waals surface area (Å²) in [4.78, 5) is 5.19. The number of nitrogens with one attached hydrogen (secondary N) is 1. The zero-order chi connectivity index (χ0) is 24.3. The van der Waals surface area contributed by atoms with E-state index in [9.17, 15) is 13.2 Å². The van der Waals surface area contributed by atoms with Crippen molar-refractivity contribution in [3.63, 3.8) is 0 Å². The summed E-state index contributed by atoms with van der Waals surface area (Å²) >= 11 is 23.4. The molecule has 0 saturated carbocycles. The smallest absolute Gasteiger partial charge is 0.416 e. The maximum Gasteiger partial charge on any atom is 0.416 e. The van der Waals surface area contributed by atoms with Crippen LogP contribution < -0.4 is 15.0 Å². The summed E-state index contributed by atoms with van der Waals surface area (Å²) in [5.41, 5.74) is 2.53. The van der Waals surface area contributed by atoms with Crippen LogP contribution in [0.5, 0.6) is 11.5 Å². The quantitative estimate of drug-likeness (QED) is 0.216. The highest BCUT2D eigenvalue weighted by atomic mass is 35.5. The molecule has 0 unspecified atom stereocenters. The van der Waals surface area contributed by atoms with E-state index in [2.05, 4.69) is 5.48 Å². The van der Waals surface area contributed by atoms with Gasteiger partial charge in [0, 0.05) is 18.3 Å². The highest BCUT2D eigenvalue weighted by Gasteiger charge is 2.29. The minimum atomic E-state index is -4.35. The van der Waals surface area contributed by atoms with E-state index >= 15 is 0 Å². The maximum atomic E-state index is 12.5. The molecule has 0 spiro atoms. The second kappa shape index (κ2) is 13.8. The molecular weight excluding hydrogens is 525 g/mol. The highest BCUT2D eigenvalue weighted by molar-refractivity contribution is 6.55. The van der Waals surface area contributed by atoms with Gasteiger partial charge in [-0.05, 0) is 36.6 Å². The Kier molecular flexibility index (Phi) is 11.5. The third-order valence-corrected chi connectivity index (χ3v) is 4.88. The van der Waals surface area contributed by atoms with E-state index in [1.165, 1.54) is 18.2 Å². The highest BCUT2D eigenvalue weighted by Crippen LogP contribution is 2.37. The number of unbranched alkanes of at least 4 members (excludes halogenated alkanes) is 1. The van der Waals surface area contributed by atoms with Crippen LogP contribution in [0.25, 0.3) is 0 Å². The van der Waals surface area contributed by atoms with Crippen molar-refractivity contribution in [2.45, 2.75) is 25.6 Å². The first-order chi connectivity index (χ1) is 15.7. The van der Waals surface area contributed by atoms with Crippen molar-refractivity contribution < 1.29 is 27.5 Å². The van der Waals surface area contributed by atoms with E-state index in [-0.39, 0.29) is 17.7 Å². The van der Waals surface area contributed by atoms with Gasteiger partial charge in [0.25, 0.3) is 0 Å². The number of hydroxylamine groups is 1. The molecule has 0 aromatic heterocycles. The average molecular weight is 545 g/mol. The largest absolute Gasteiger partial charge is 0.490 e. The number of halogens is 7. The van der Waals surface area contributed by atoms with Crippen LogP contribution in [0.1, 0.15) is 24.0 Å². The summed E-state index contributed by atoms with van der Waals surface area (Å²) in [7, 11) is 0. The minimum absolute atomic E-state index is 0.0992. The van der Waals surface area contributed by atoms with Crippen LogP contribution in [-0.4, -0.2) is 13.2 Å². The minimum Gasteiger partial charge on any atom is -0.490 e. The molecule has 2 aromatic carbocycles. The summed E-state index contributed by atoms with van der Waals surface area (Å²) in [6.07, 6.45) is 1.91. The molecule has 0 atom stereocenters. The van der Waals surface area contributed by atoms with Crippen molar-refractivity contribution in [2.75, 3.05) is 13.2 Å². The number of rotatable bonds is 12. The first-order valence-electron chi connectivity index (χ1n) is 9.61. The van der Waals surface area contributed by atoms with Gasteiger partial charge in [-0.25, -0.2) is 0 Å². The first-order valence-corrected chi connectivity index (χ1v) is 11.1. The number of ether oxygens (including phenoxy) is 2. The molecule has 0 radical (unpaired) electrons. The molecule has 0 amide bonds. The third kappa shape index (κ3) is 10.4. The Morgan fingerprint density at radius 1 is 1.00 bits per heavy atom. The van der Waals surface area contributed by atoms with E-state index in [1.54, 1.807) is 18.3 Å². The van der Waals surface area contributed by atoms with Gasteiger partial charge >= 0.3 is 6.18 Å². The molecule has 4 nitrogen and oxygen atoms in total. The van der Waals surface area contributed by atoms with E-state index < -0.39 is 11.7 Å². The van der Waals surface area contributed by atoms with Gasteiger partial charge in [0.2, 0.25) is 0 Å². The molecule has 2 aromatic rings. The molecule has 0 aliphatic carbocycles. The lowest BCUT2D eigenvalue weighted by atomic mass is 10.1. The maximum absolute atomic E-state index is 12.5. The standard InChI is InChI=1S/C22H20Cl4F3NO3/c23-18-12-17(31-11-8-20(25)26)13-19(24)21(18)32-10-3-1-2-9-30-33-14-15-4-6-16(7-5-15)22(27,28)29/h2,4-9,12-13,30H,1,3,10-11,14H2. The fourth-order valence-corrected chi connectivity index (χ4v) is 3.13. The van der Waals surface area contributed by atoms with E-state index in [0.29, 0.717) is 46.6 Å². The fraction of sp³-hybridized carbons (Fsp3) is 0.273. The van der Waals surface area contributed by atoms with Crippen molar-refractivity contribution in [2.24, 2.45) is 0 Å². The van der Waals surface area contributed by atoms with Gasteiger partial charge in [-0.2, -0.15) is 13.2 Å². The van der Waals surface area contributed by atoms with Gasteiger partial charge in [-0.15, -0.1) is 0 Å². The third-order valence-electron chi connectivity index (χ3n) is 4.01. The topological polar surface area (TPSA) is 39.7 Å². The summed E-state index contributed by atoms with van der Waals surface area (Å²) in [5.74, 6) is 0.812. The van der Waals surface area contributed by atoms with Crippen LogP contribution >= 0.6 is 46.4 Å². The molecule has 0 fully saturated rings. The number of allylic oxidation sites excluding steroid dienone is 1. The molecule has 11 heteroatoms. The van der Waals surface area contributed by atoms with Crippen molar-refractivity contribution >= 4 is 46.4 Å². The zero-order valence-electron chi connectivity index (χ0n) is 17.1. The van der Waals surface area contributed by atoms with Gasteiger partial charge in [-0.3, -0.25) is 10.3 Å². The number of hydrogen-bond acceptors (Lipinski definition) is 4. The Morgan fingerprint density at radius 3 is 2.27 bits per heavy atom. The number of alkyl halides is 3. The molecule has 0 aliphatic heterocycles. The zero-order valence-corrected chi connectivity index (χ0v) is 20.1. The van der Waals surface area contributed by atoms with Crippen LogP contribution in [0.15, 0.2) is 59.2 Å². The van der Waals surface area contributed by atoms with Crippen LogP contribution in [0.2, 0.25) is 10.0 Å². The normalized spacial score (nSPS) is 11.5. The van der Waals surface area contributed by atoms with Crippen LogP contribution in [-0.2, 0) is 17.6 Å². The lowest BCUT2D eigenvalue weighted by Gasteiger charge is -2.12. The average Bonchev–Trinajstić information content (AvgIpc) is 2.73. The van der Waals surface area contributed by atoms with Gasteiger partial charge in [-0.1, -0.05) is 64.6 Å². The second-order valence-electron chi connectivity index (χ2n) is 6.52. The molecule has 0 bridgehead atoms. The lowest BCUT2D eigenvalue weighted by molar-refractivity contribution is -0.137. The summed E-state index contributed by atoms with van der Waals surface area (Å²) < 4.78 is 48.7. The Morgan fingerprint density at radius 2 is 1.67 bits per heavy atom. The van der Waals surface area contributed by atoms with Crippen LogP contribution in [0, 0.1) is 0 Å². The fourth-order valence-electron chi connectivity index (χ4n) is 2.43. The predicted octanol–water partition coefficient (Wildman–Crippen LogP) is 8.10. The van der Waals surface area contributed by atoms with E-state index in [0.717, 1.165) is 12.1 Å². The Bertz CT molecular complexity index is 924. The van der Waals surface area contributed by atoms with Gasteiger partial charge < -0.3 is 9.47 Å². The monoisotopic (exact) mass is 543 g/mol. The Labute approximate surface area is 209 Å². The molecular formula is C22H20Cl4F3NO3. The molecule has 33 heavy (non-hydrogen) atoms. The summed E-state index contributed by atoms with van der Waals surface area (Å²) in [6.45, 7) is 0.669. The van der Waals surface area contributed by atoms with E-state index in [1.807, 2.05) is 6.08 Å². The molecule has 180 valence electrons. The van der Waals surface area contributed by atoms with E-state index in [4.69, 9.17) is 60.7 Å². The van der Waals surface area contributed by atoms with Gasteiger partial charge in [0.1, 0.15) is 16.8 Å². The summed E-state index contributed by atoms with van der Waals surface area (Å²) in [5, 5.41) is 0.625. The molecule has 2 rings (SSSR count). The van der Waals surface area contributed by atoms with Crippen molar-refractivity contribution in [1.82, 2.24) is 5.48 Å². The number of hydrogen-bond donors (Lipinski definition) is 1. The van der Waals surface area contributed by atoms with Crippen molar-refractivity contribution in [3.05, 3.63) is 80.4 Å².